The van der Waals surface area contributed by atoms with Gasteiger partial charge in [0.05, 0.1) is 17.1 Å². The van der Waals surface area contributed by atoms with E-state index in [0.29, 0.717) is 48.7 Å². The van der Waals surface area contributed by atoms with Gasteiger partial charge in [0.25, 0.3) is 0 Å². The third kappa shape index (κ3) is 6.21. The number of rotatable bonds is 8. The highest BCUT2D eigenvalue weighted by molar-refractivity contribution is 7.89. The van der Waals surface area contributed by atoms with Crippen molar-refractivity contribution in [1.29, 1.82) is 0 Å². The van der Waals surface area contributed by atoms with Crippen LogP contribution in [0.2, 0.25) is 0 Å². The first-order chi connectivity index (χ1) is 15.7. The van der Waals surface area contributed by atoms with Crippen molar-refractivity contribution in [3.05, 3.63) is 59.2 Å². The summed E-state index contributed by atoms with van der Waals surface area (Å²) in [6, 6.07) is 12.0. The van der Waals surface area contributed by atoms with Crippen LogP contribution in [0.3, 0.4) is 0 Å². The monoisotopic (exact) mass is 472 g/mol. The van der Waals surface area contributed by atoms with Crippen molar-refractivity contribution in [2.75, 3.05) is 25.0 Å². The molecule has 2 aromatic carbocycles. The van der Waals surface area contributed by atoms with Gasteiger partial charge in [-0.3, -0.25) is 4.79 Å². The molecule has 33 heavy (non-hydrogen) atoms. The topological polar surface area (TPSA) is 92.8 Å². The molecular formula is C25H32N2O5S. The summed E-state index contributed by atoms with van der Waals surface area (Å²) in [6.07, 6.45) is 2.69. The summed E-state index contributed by atoms with van der Waals surface area (Å²) in [5.74, 6) is -0.787. The zero-order valence-corrected chi connectivity index (χ0v) is 20.3. The van der Waals surface area contributed by atoms with Crippen LogP contribution in [-0.4, -0.2) is 44.3 Å². The van der Waals surface area contributed by atoms with E-state index in [2.05, 4.69) is 5.32 Å². The van der Waals surface area contributed by atoms with Crippen LogP contribution in [0.15, 0.2) is 47.4 Å². The van der Waals surface area contributed by atoms with E-state index in [1.54, 1.807) is 37.3 Å². The van der Waals surface area contributed by atoms with Gasteiger partial charge in [0.2, 0.25) is 15.9 Å². The van der Waals surface area contributed by atoms with Crippen molar-refractivity contribution >= 4 is 27.6 Å². The Labute approximate surface area is 196 Å². The van der Waals surface area contributed by atoms with E-state index < -0.39 is 10.0 Å². The first kappa shape index (κ1) is 24.9. The van der Waals surface area contributed by atoms with Crippen molar-refractivity contribution in [3.8, 4) is 0 Å². The van der Waals surface area contributed by atoms with Crippen LogP contribution in [0, 0.1) is 19.8 Å². The van der Waals surface area contributed by atoms with Crippen LogP contribution in [0.5, 0.6) is 0 Å². The van der Waals surface area contributed by atoms with Crippen LogP contribution < -0.4 is 5.32 Å². The molecule has 0 atom stereocenters. The first-order valence-electron chi connectivity index (χ1n) is 11.4. The Morgan fingerprint density at radius 1 is 1.06 bits per heavy atom. The Hall–Kier alpha value is -2.71. The molecule has 3 rings (SSSR count). The number of amides is 1. The zero-order chi connectivity index (χ0) is 24.0. The summed E-state index contributed by atoms with van der Waals surface area (Å²) < 4.78 is 32.8. The standard InChI is InChI=1S/C25H32N2O5S/c1-4-5-16-32-25(29)21-8-10-22(11-9-21)26-24(28)20-12-14-27(15-13-20)33(30,31)23-17-18(2)6-7-19(23)3/h6-11,17,20H,4-5,12-16H2,1-3H3,(H,26,28). The minimum atomic E-state index is -3.59. The highest BCUT2D eigenvalue weighted by atomic mass is 32.2. The molecule has 178 valence electrons. The number of piperidine rings is 1. The molecule has 1 heterocycles. The second kappa shape index (κ2) is 10.9. The highest BCUT2D eigenvalue weighted by Gasteiger charge is 2.33. The molecular weight excluding hydrogens is 440 g/mol. The fourth-order valence-electron chi connectivity index (χ4n) is 3.81. The number of anilines is 1. The van der Waals surface area contributed by atoms with Gasteiger partial charge in [-0.05, 0) is 74.6 Å². The summed E-state index contributed by atoms with van der Waals surface area (Å²) in [6.45, 7) is 6.69. The van der Waals surface area contributed by atoms with Gasteiger partial charge in [-0.15, -0.1) is 0 Å². The van der Waals surface area contributed by atoms with Crippen molar-refractivity contribution in [3.63, 3.8) is 0 Å². The maximum atomic E-state index is 13.1. The molecule has 0 radical (unpaired) electrons. The fraction of sp³-hybridized carbons (Fsp3) is 0.440. The smallest absolute Gasteiger partial charge is 0.338 e. The van der Waals surface area contributed by atoms with Gasteiger partial charge in [0, 0.05) is 24.7 Å². The lowest BCUT2D eigenvalue weighted by Crippen LogP contribution is -2.41. The second-order valence-corrected chi connectivity index (χ2v) is 10.4. The van der Waals surface area contributed by atoms with Crippen LogP contribution in [0.25, 0.3) is 0 Å². The maximum absolute atomic E-state index is 13.1. The molecule has 1 N–H and O–H groups in total. The number of carbonyl (C=O) groups excluding carboxylic acids is 2. The Kier molecular flexibility index (Phi) is 8.26. The van der Waals surface area contributed by atoms with E-state index in [-0.39, 0.29) is 17.8 Å². The molecule has 0 spiro atoms. The number of unbranched alkanes of at least 4 members (excludes halogenated alkanes) is 1. The van der Waals surface area contributed by atoms with Crippen LogP contribution >= 0.6 is 0 Å². The SMILES string of the molecule is CCCCOC(=O)c1ccc(NC(=O)C2CCN(S(=O)(=O)c3cc(C)ccc3C)CC2)cc1. The number of aryl methyl sites for hydroxylation is 2. The molecule has 0 aliphatic carbocycles. The Morgan fingerprint density at radius 3 is 2.36 bits per heavy atom. The lowest BCUT2D eigenvalue weighted by Gasteiger charge is -2.31. The third-order valence-corrected chi connectivity index (χ3v) is 7.95. The van der Waals surface area contributed by atoms with Gasteiger partial charge in [-0.1, -0.05) is 25.5 Å². The molecule has 1 aliphatic heterocycles. The van der Waals surface area contributed by atoms with E-state index >= 15 is 0 Å². The Morgan fingerprint density at radius 2 is 1.73 bits per heavy atom. The average Bonchev–Trinajstić information content (AvgIpc) is 2.81. The van der Waals surface area contributed by atoms with E-state index in [9.17, 15) is 18.0 Å². The van der Waals surface area contributed by atoms with Gasteiger partial charge in [0.1, 0.15) is 0 Å². The summed E-state index contributed by atoms with van der Waals surface area (Å²) in [7, 11) is -3.59. The molecule has 1 amide bonds. The predicted molar refractivity (Wildman–Crippen MR) is 128 cm³/mol. The first-order valence-corrected chi connectivity index (χ1v) is 12.8. The van der Waals surface area contributed by atoms with Gasteiger partial charge in [-0.2, -0.15) is 4.31 Å². The molecule has 1 fully saturated rings. The summed E-state index contributed by atoms with van der Waals surface area (Å²) in [5, 5.41) is 2.87. The van der Waals surface area contributed by atoms with E-state index in [1.807, 2.05) is 26.0 Å². The van der Waals surface area contributed by atoms with Gasteiger partial charge >= 0.3 is 5.97 Å². The fourth-order valence-corrected chi connectivity index (χ4v) is 5.59. The molecule has 1 aliphatic rings. The second-order valence-electron chi connectivity index (χ2n) is 8.50. The minimum absolute atomic E-state index is 0.142. The summed E-state index contributed by atoms with van der Waals surface area (Å²) >= 11 is 0. The zero-order valence-electron chi connectivity index (χ0n) is 19.5. The lowest BCUT2D eigenvalue weighted by atomic mass is 9.97. The summed E-state index contributed by atoms with van der Waals surface area (Å²) in [4.78, 5) is 25.0. The minimum Gasteiger partial charge on any atom is -0.462 e. The number of esters is 1. The molecule has 0 saturated carbocycles. The number of carbonyl (C=O) groups is 2. The number of hydrogen-bond donors (Lipinski definition) is 1. The molecule has 7 nitrogen and oxygen atoms in total. The molecule has 0 aromatic heterocycles. The van der Waals surface area contributed by atoms with Crippen LogP contribution in [0.1, 0.15) is 54.1 Å². The van der Waals surface area contributed by atoms with Crippen molar-refractivity contribution in [2.24, 2.45) is 5.92 Å². The van der Waals surface area contributed by atoms with Crippen molar-refractivity contribution in [2.45, 2.75) is 51.3 Å². The van der Waals surface area contributed by atoms with Crippen molar-refractivity contribution < 1.29 is 22.7 Å². The molecule has 0 unspecified atom stereocenters. The molecule has 2 aromatic rings. The predicted octanol–water partition coefficient (Wildman–Crippen LogP) is 4.30. The van der Waals surface area contributed by atoms with E-state index in [0.717, 1.165) is 24.0 Å². The average molecular weight is 473 g/mol. The van der Waals surface area contributed by atoms with Crippen LogP contribution in [0.4, 0.5) is 5.69 Å². The van der Waals surface area contributed by atoms with E-state index in [1.165, 1.54) is 4.31 Å². The Balaban J connectivity index is 1.55. The lowest BCUT2D eigenvalue weighted by molar-refractivity contribution is -0.120. The maximum Gasteiger partial charge on any atom is 0.338 e. The van der Waals surface area contributed by atoms with E-state index in [4.69, 9.17) is 4.74 Å². The Bertz CT molecular complexity index is 1090. The number of nitrogens with one attached hydrogen (secondary N) is 1. The molecule has 1 saturated heterocycles. The third-order valence-electron chi connectivity index (χ3n) is 5.91. The normalized spacial score (nSPS) is 15.2. The molecule has 0 bridgehead atoms. The number of hydrogen-bond acceptors (Lipinski definition) is 5. The van der Waals surface area contributed by atoms with Gasteiger partial charge < -0.3 is 10.1 Å². The van der Waals surface area contributed by atoms with Gasteiger partial charge in [-0.25, -0.2) is 13.2 Å². The summed E-state index contributed by atoms with van der Waals surface area (Å²) in [5.41, 5.74) is 2.65. The number of sulfonamides is 1. The number of ether oxygens (including phenoxy) is 1. The highest BCUT2D eigenvalue weighted by Crippen LogP contribution is 2.27. The van der Waals surface area contributed by atoms with Crippen molar-refractivity contribution in [1.82, 2.24) is 4.31 Å². The largest absolute Gasteiger partial charge is 0.462 e. The number of nitrogens with zero attached hydrogens (tertiary/aromatic N) is 1. The van der Waals surface area contributed by atoms with Gasteiger partial charge in [0.15, 0.2) is 0 Å². The number of benzene rings is 2. The molecule has 8 heteroatoms. The quantitative estimate of drug-likeness (QED) is 0.457. The van der Waals surface area contributed by atoms with Crippen LogP contribution in [-0.2, 0) is 19.6 Å².